The van der Waals surface area contributed by atoms with Crippen LogP contribution in [0.3, 0.4) is 0 Å². The molecule has 1 fully saturated rings. The highest BCUT2D eigenvalue weighted by Crippen LogP contribution is 2.32. The Balaban J connectivity index is 1.61. The van der Waals surface area contributed by atoms with Gasteiger partial charge in [0.2, 0.25) is 10.0 Å². The van der Waals surface area contributed by atoms with E-state index in [9.17, 15) is 8.42 Å². The lowest BCUT2D eigenvalue weighted by atomic mass is 10.0. The molecule has 2 aromatic rings. The van der Waals surface area contributed by atoms with Gasteiger partial charge in [0, 0.05) is 32.1 Å². The van der Waals surface area contributed by atoms with Crippen molar-refractivity contribution in [3.8, 4) is 0 Å². The predicted molar refractivity (Wildman–Crippen MR) is 101 cm³/mol. The van der Waals surface area contributed by atoms with Crippen LogP contribution in [0, 0.1) is 20.8 Å². The van der Waals surface area contributed by atoms with E-state index in [1.807, 2.05) is 32.9 Å². The number of fused-ring (bicyclic) bond motifs is 1. The zero-order valence-electron chi connectivity index (χ0n) is 16.1. The Bertz CT molecular complexity index is 935. The van der Waals surface area contributed by atoms with Crippen LogP contribution in [-0.4, -0.2) is 37.5 Å². The van der Waals surface area contributed by atoms with Crippen LogP contribution < -0.4 is 0 Å². The minimum atomic E-state index is -3.57. The average Bonchev–Trinajstić information content (AvgIpc) is 3.04. The Kier molecular flexibility index (Phi) is 4.86. The fraction of sp³-hybridized carbons (Fsp3) is 0.550. The van der Waals surface area contributed by atoms with Crippen molar-refractivity contribution in [1.82, 2.24) is 9.29 Å². The first-order valence-electron chi connectivity index (χ1n) is 9.50. The van der Waals surface area contributed by atoms with Gasteiger partial charge in [-0.25, -0.2) is 13.4 Å². The van der Waals surface area contributed by atoms with Gasteiger partial charge in [0.05, 0.1) is 17.1 Å². The summed E-state index contributed by atoms with van der Waals surface area (Å²) in [5.41, 5.74) is 3.42. The molecule has 27 heavy (non-hydrogen) atoms. The average molecular weight is 391 g/mol. The van der Waals surface area contributed by atoms with Crippen LogP contribution in [0.15, 0.2) is 21.4 Å². The number of hydrogen-bond acceptors (Lipinski definition) is 5. The van der Waals surface area contributed by atoms with Gasteiger partial charge in [-0.3, -0.25) is 0 Å². The zero-order valence-corrected chi connectivity index (χ0v) is 16.9. The number of sulfonamides is 1. The molecular weight excluding hydrogens is 364 g/mol. The van der Waals surface area contributed by atoms with E-state index in [0.29, 0.717) is 17.9 Å². The van der Waals surface area contributed by atoms with Crippen LogP contribution in [0.4, 0.5) is 0 Å². The van der Waals surface area contributed by atoms with Gasteiger partial charge in [-0.05, 0) is 44.7 Å². The Hall–Kier alpha value is -1.70. The van der Waals surface area contributed by atoms with Crippen LogP contribution in [0.25, 0.3) is 0 Å². The van der Waals surface area contributed by atoms with Crippen molar-refractivity contribution in [2.24, 2.45) is 0 Å². The standard InChI is InChI=1S/C20H26N2O4S/c1-13-10-14(2)19(15(3)11-13)27(23,24)22-7-4-18-17(12-22)21-20(26-18)16-5-8-25-9-6-16/h10-11,16H,4-9,12H2,1-3H3. The van der Waals surface area contributed by atoms with E-state index in [1.54, 1.807) is 0 Å². The second kappa shape index (κ2) is 7.04. The van der Waals surface area contributed by atoms with Gasteiger partial charge < -0.3 is 9.15 Å². The van der Waals surface area contributed by atoms with E-state index in [2.05, 4.69) is 4.98 Å². The maximum absolute atomic E-state index is 13.3. The van der Waals surface area contributed by atoms with Gasteiger partial charge in [-0.1, -0.05) is 17.7 Å². The molecule has 0 spiro atoms. The van der Waals surface area contributed by atoms with Crippen LogP contribution in [0.5, 0.6) is 0 Å². The number of hydrogen-bond donors (Lipinski definition) is 0. The summed E-state index contributed by atoms with van der Waals surface area (Å²) < 4.78 is 39.6. The number of nitrogens with zero attached hydrogens (tertiary/aromatic N) is 2. The molecule has 3 heterocycles. The van der Waals surface area contributed by atoms with Crippen LogP contribution >= 0.6 is 0 Å². The molecule has 2 aliphatic heterocycles. The molecule has 0 bridgehead atoms. The molecule has 0 saturated carbocycles. The quantitative estimate of drug-likeness (QED) is 0.804. The summed E-state index contributed by atoms with van der Waals surface area (Å²) in [6.07, 6.45) is 2.38. The molecule has 1 saturated heterocycles. The maximum atomic E-state index is 13.3. The van der Waals surface area contributed by atoms with Crippen LogP contribution in [0.2, 0.25) is 0 Å². The topological polar surface area (TPSA) is 72.6 Å². The molecular formula is C20H26N2O4S. The number of benzene rings is 1. The fourth-order valence-electron chi connectivity index (χ4n) is 4.22. The van der Waals surface area contributed by atoms with E-state index >= 15 is 0 Å². The first-order chi connectivity index (χ1) is 12.9. The molecule has 0 amide bonds. The summed E-state index contributed by atoms with van der Waals surface area (Å²) in [6, 6.07) is 3.85. The Morgan fingerprint density at radius 3 is 2.44 bits per heavy atom. The van der Waals surface area contributed by atoms with Gasteiger partial charge in [0.15, 0.2) is 5.89 Å². The summed E-state index contributed by atoms with van der Waals surface area (Å²) in [5, 5.41) is 0. The molecule has 1 aromatic carbocycles. The number of rotatable bonds is 3. The van der Waals surface area contributed by atoms with E-state index in [1.165, 1.54) is 4.31 Å². The minimum Gasteiger partial charge on any atom is -0.445 e. The number of oxazole rings is 1. The third-order valence-electron chi connectivity index (χ3n) is 5.48. The molecule has 0 radical (unpaired) electrons. The molecule has 2 aliphatic rings. The number of aryl methyl sites for hydroxylation is 3. The van der Waals surface area contributed by atoms with Crippen LogP contribution in [0.1, 0.15) is 52.8 Å². The summed E-state index contributed by atoms with van der Waals surface area (Å²) in [5.74, 6) is 1.85. The van der Waals surface area contributed by atoms with Crippen LogP contribution in [-0.2, 0) is 27.7 Å². The SMILES string of the molecule is Cc1cc(C)c(S(=O)(=O)N2CCc3oc(C4CCOCC4)nc3C2)c(C)c1. The largest absolute Gasteiger partial charge is 0.445 e. The first-order valence-corrected chi connectivity index (χ1v) is 10.9. The summed E-state index contributed by atoms with van der Waals surface area (Å²) in [4.78, 5) is 5.08. The van der Waals surface area contributed by atoms with Gasteiger partial charge in [-0.2, -0.15) is 4.31 Å². The van der Waals surface area contributed by atoms with Crippen molar-refractivity contribution in [3.63, 3.8) is 0 Å². The van der Waals surface area contributed by atoms with E-state index in [4.69, 9.17) is 9.15 Å². The number of aromatic nitrogens is 1. The molecule has 4 rings (SSSR count). The second-order valence-electron chi connectivity index (χ2n) is 7.63. The fourth-order valence-corrected chi connectivity index (χ4v) is 6.04. The zero-order chi connectivity index (χ0) is 19.2. The predicted octanol–water partition coefficient (Wildman–Crippen LogP) is 3.24. The Morgan fingerprint density at radius 1 is 1.11 bits per heavy atom. The lowest BCUT2D eigenvalue weighted by Crippen LogP contribution is -2.36. The highest BCUT2D eigenvalue weighted by Gasteiger charge is 2.34. The monoisotopic (exact) mass is 390 g/mol. The molecule has 7 heteroatoms. The molecule has 0 unspecified atom stereocenters. The summed E-state index contributed by atoms with van der Waals surface area (Å²) >= 11 is 0. The third kappa shape index (κ3) is 3.44. The molecule has 0 N–H and O–H groups in total. The van der Waals surface area contributed by atoms with Crippen molar-refractivity contribution >= 4 is 10.0 Å². The van der Waals surface area contributed by atoms with E-state index < -0.39 is 10.0 Å². The molecule has 6 nitrogen and oxygen atoms in total. The van der Waals surface area contributed by atoms with Crippen molar-refractivity contribution < 1.29 is 17.6 Å². The van der Waals surface area contributed by atoms with E-state index in [-0.39, 0.29) is 12.5 Å². The van der Waals surface area contributed by atoms with Gasteiger partial charge in [0.25, 0.3) is 0 Å². The molecule has 1 aromatic heterocycles. The maximum Gasteiger partial charge on any atom is 0.243 e. The second-order valence-corrected chi connectivity index (χ2v) is 9.50. The normalized spacial score (nSPS) is 19.2. The lowest BCUT2D eigenvalue weighted by Gasteiger charge is -2.26. The van der Waals surface area contributed by atoms with Crippen molar-refractivity contribution in [3.05, 3.63) is 46.2 Å². The van der Waals surface area contributed by atoms with E-state index in [0.717, 1.165) is 60.1 Å². The Labute approximate surface area is 160 Å². The summed E-state index contributed by atoms with van der Waals surface area (Å²) in [6.45, 7) is 7.86. The van der Waals surface area contributed by atoms with Gasteiger partial charge >= 0.3 is 0 Å². The smallest absolute Gasteiger partial charge is 0.243 e. The first kappa shape index (κ1) is 18.7. The molecule has 146 valence electrons. The van der Waals surface area contributed by atoms with Gasteiger partial charge in [-0.15, -0.1) is 0 Å². The summed E-state index contributed by atoms with van der Waals surface area (Å²) in [7, 11) is -3.57. The lowest BCUT2D eigenvalue weighted by molar-refractivity contribution is 0.0791. The Morgan fingerprint density at radius 2 is 1.78 bits per heavy atom. The third-order valence-corrected chi connectivity index (χ3v) is 7.63. The highest BCUT2D eigenvalue weighted by atomic mass is 32.2. The molecule has 0 atom stereocenters. The minimum absolute atomic E-state index is 0.274. The molecule has 0 aliphatic carbocycles. The highest BCUT2D eigenvalue weighted by molar-refractivity contribution is 7.89. The van der Waals surface area contributed by atoms with Crippen molar-refractivity contribution in [2.45, 2.75) is 57.4 Å². The van der Waals surface area contributed by atoms with Crippen molar-refractivity contribution in [2.75, 3.05) is 19.8 Å². The van der Waals surface area contributed by atoms with Gasteiger partial charge in [0.1, 0.15) is 5.76 Å². The number of ether oxygens (including phenoxy) is 1. The van der Waals surface area contributed by atoms with Crippen molar-refractivity contribution in [1.29, 1.82) is 0 Å².